The topological polar surface area (TPSA) is 178 Å². The van der Waals surface area contributed by atoms with Crippen molar-refractivity contribution in [1.82, 2.24) is 29.7 Å². The summed E-state index contributed by atoms with van der Waals surface area (Å²) < 4.78 is 14.3. The van der Waals surface area contributed by atoms with Crippen molar-refractivity contribution in [3.63, 3.8) is 0 Å². The van der Waals surface area contributed by atoms with Gasteiger partial charge in [0.2, 0.25) is 5.82 Å². The number of hydrogen-bond acceptors (Lipinski definition) is 10. The number of fused-ring (bicyclic) bond motifs is 1. The summed E-state index contributed by atoms with van der Waals surface area (Å²) in [7, 11) is 0. The monoisotopic (exact) mass is 717 g/mol. The summed E-state index contributed by atoms with van der Waals surface area (Å²) in [6.07, 6.45) is -0.270. The number of hydrogen-bond donors (Lipinski definition) is 4. The van der Waals surface area contributed by atoms with Crippen molar-refractivity contribution in [3.8, 4) is 17.6 Å². The molecule has 0 bridgehead atoms. The lowest BCUT2D eigenvalue weighted by molar-refractivity contribution is -0.137. The third kappa shape index (κ3) is 6.48. The average molecular weight is 719 g/mol. The number of aliphatic hydroxyl groups is 2. The molecule has 2 amide bonds. The first-order valence-electron chi connectivity index (χ1n) is 13.9. The van der Waals surface area contributed by atoms with Crippen molar-refractivity contribution in [2.75, 3.05) is 18.8 Å². The quantitative estimate of drug-likeness (QED) is 0.287. The number of rotatable bonds is 5. The highest BCUT2D eigenvalue weighted by molar-refractivity contribution is 9.11. The Kier molecular flexibility index (Phi) is 8.56. The second-order valence-corrected chi connectivity index (χ2v) is 12.6. The SMILES string of the molecule is Nc1nc(C#CCC2CCN(C(=O)Oc3ccc(Br)cc3Br)CC2)nc2c1ncn2[C@@H]1O[C@H](C(=O)NC2CC2)[C@H](O)C1O. The standard InChI is InChI=1S/C28H29Br2N7O6/c29-15-4-7-18(17(30)12-15)42-28(41)36-10-8-14(9-11-36)2-1-3-19-34-24(31)20-25(35-19)37(13-32-20)27-22(39)21(38)23(43-27)26(40)33-16-5-6-16/h4,7,12-14,16,21-23,27,38-39H,2,5-6,8-11H2,(H,33,40)(H2,31,34,35)/t21-,22?,23+,27-/m1/s1. The van der Waals surface area contributed by atoms with Gasteiger partial charge in [-0.15, -0.1) is 0 Å². The first kappa shape index (κ1) is 29.8. The summed E-state index contributed by atoms with van der Waals surface area (Å²) in [4.78, 5) is 39.8. The third-order valence-corrected chi connectivity index (χ3v) is 8.81. The van der Waals surface area contributed by atoms with E-state index in [1.807, 2.05) is 12.1 Å². The number of nitrogens with one attached hydrogen (secondary N) is 1. The van der Waals surface area contributed by atoms with Crippen LogP contribution in [0.15, 0.2) is 33.5 Å². The highest BCUT2D eigenvalue weighted by atomic mass is 79.9. The average Bonchev–Trinajstić information content (AvgIpc) is 3.62. The normalized spacial score (nSPS) is 24.0. The zero-order valence-electron chi connectivity index (χ0n) is 22.8. The van der Waals surface area contributed by atoms with Crippen molar-refractivity contribution < 1.29 is 29.3 Å². The van der Waals surface area contributed by atoms with E-state index in [-0.39, 0.29) is 40.9 Å². The Morgan fingerprint density at radius 3 is 2.63 bits per heavy atom. The molecule has 3 aromatic rings. The molecule has 3 fully saturated rings. The predicted molar refractivity (Wildman–Crippen MR) is 160 cm³/mol. The molecule has 4 atom stereocenters. The Bertz CT molecular complexity index is 1610. The maximum absolute atomic E-state index is 12.6. The number of aromatic nitrogens is 4. The Balaban J connectivity index is 1.08. The highest BCUT2D eigenvalue weighted by Gasteiger charge is 2.48. The molecule has 226 valence electrons. The van der Waals surface area contributed by atoms with Crippen LogP contribution in [0.25, 0.3) is 11.2 Å². The van der Waals surface area contributed by atoms with E-state index in [1.165, 1.54) is 10.9 Å². The molecule has 0 spiro atoms. The van der Waals surface area contributed by atoms with Crippen molar-refractivity contribution in [3.05, 3.63) is 39.3 Å². The molecule has 13 nitrogen and oxygen atoms in total. The number of benzene rings is 1. The number of carbonyl (C=O) groups excluding carboxylic acids is 2. The molecule has 5 N–H and O–H groups in total. The number of piperidine rings is 1. The van der Waals surface area contributed by atoms with Gasteiger partial charge in [-0.3, -0.25) is 9.36 Å². The number of nitrogens with zero attached hydrogens (tertiary/aromatic N) is 5. The molecule has 15 heteroatoms. The second kappa shape index (κ2) is 12.4. The summed E-state index contributed by atoms with van der Waals surface area (Å²) in [6, 6.07) is 5.43. The van der Waals surface area contributed by atoms with Crippen LogP contribution in [0.1, 0.15) is 44.2 Å². The van der Waals surface area contributed by atoms with E-state index in [0.717, 1.165) is 30.2 Å². The zero-order chi connectivity index (χ0) is 30.2. The van der Waals surface area contributed by atoms with Gasteiger partial charge in [-0.1, -0.05) is 21.9 Å². The third-order valence-electron chi connectivity index (χ3n) is 7.70. The van der Waals surface area contributed by atoms with Crippen LogP contribution in [0.4, 0.5) is 10.6 Å². The summed E-state index contributed by atoms with van der Waals surface area (Å²) >= 11 is 6.79. The van der Waals surface area contributed by atoms with E-state index < -0.39 is 30.4 Å². The molecule has 4 heterocycles. The first-order chi connectivity index (χ1) is 20.7. The first-order valence-corrected chi connectivity index (χ1v) is 15.5. The molecule has 2 aromatic heterocycles. The van der Waals surface area contributed by atoms with Crippen LogP contribution in [0.3, 0.4) is 0 Å². The Hall–Kier alpha value is -3.29. The number of nitrogen functional groups attached to an aromatic ring is 1. The fourth-order valence-corrected chi connectivity index (χ4v) is 6.24. The zero-order valence-corrected chi connectivity index (χ0v) is 26.0. The molecule has 1 saturated carbocycles. The molecule has 1 aliphatic carbocycles. The number of likely N-dealkylation sites (tertiary alicyclic amines) is 1. The van der Waals surface area contributed by atoms with E-state index in [9.17, 15) is 19.8 Å². The van der Waals surface area contributed by atoms with Gasteiger partial charge in [-0.25, -0.2) is 19.7 Å². The molecule has 6 rings (SSSR count). The van der Waals surface area contributed by atoms with Crippen LogP contribution in [0, 0.1) is 17.8 Å². The second-order valence-electron chi connectivity index (χ2n) is 10.8. The van der Waals surface area contributed by atoms with Crippen molar-refractivity contribution in [2.45, 2.75) is 62.7 Å². The van der Waals surface area contributed by atoms with Crippen molar-refractivity contribution in [2.24, 2.45) is 5.92 Å². The number of amides is 2. The molecular formula is C28H29Br2N7O6. The summed E-state index contributed by atoms with van der Waals surface area (Å²) in [5, 5.41) is 24.0. The molecule has 43 heavy (non-hydrogen) atoms. The van der Waals surface area contributed by atoms with Gasteiger partial charge in [-0.2, -0.15) is 0 Å². The summed E-state index contributed by atoms with van der Waals surface area (Å²) in [6.45, 7) is 1.12. The molecule has 2 saturated heterocycles. The van der Waals surface area contributed by atoms with Gasteiger partial charge in [0.1, 0.15) is 23.5 Å². The fraction of sp³-hybridized carbons (Fsp3) is 0.464. The van der Waals surface area contributed by atoms with E-state index in [2.05, 4.69) is 64.0 Å². The smallest absolute Gasteiger partial charge is 0.409 e. The minimum atomic E-state index is -1.42. The van der Waals surface area contributed by atoms with E-state index in [4.69, 9.17) is 15.2 Å². The minimum Gasteiger partial charge on any atom is -0.409 e. The molecule has 1 aromatic carbocycles. The van der Waals surface area contributed by atoms with Crippen LogP contribution in [0.5, 0.6) is 5.75 Å². The van der Waals surface area contributed by atoms with Gasteiger partial charge in [0.05, 0.1) is 10.8 Å². The maximum Gasteiger partial charge on any atom is 0.415 e. The Morgan fingerprint density at radius 2 is 1.91 bits per heavy atom. The number of carbonyl (C=O) groups is 2. The molecule has 1 unspecified atom stereocenters. The van der Waals surface area contributed by atoms with E-state index in [1.54, 1.807) is 11.0 Å². The molecule has 3 aliphatic rings. The maximum atomic E-state index is 12.6. The lowest BCUT2D eigenvalue weighted by atomic mass is 9.94. The Morgan fingerprint density at radius 1 is 1.14 bits per heavy atom. The fourth-order valence-electron chi connectivity index (χ4n) is 5.11. The Labute approximate surface area is 263 Å². The number of anilines is 1. The van der Waals surface area contributed by atoms with Gasteiger partial charge >= 0.3 is 6.09 Å². The number of nitrogens with two attached hydrogens (primary N) is 1. The van der Waals surface area contributed by atoms with Crippen LogP contribution in [-0.2, 0) is 9.53 Å². The lowest BCUT2D eigenvalue weighted by Crippen LogP contribution is -2.43. The number of halogens is 2. The molecule has 0 radical (unpaired) electrons. The van der Waals surface area contributed by atoms with Crippen molar-refractivity contribution in [1.29, 1.82) is 0 Å². The highest BCUT2D eigenvalue weighted by Crippen LogP contribution is 2.33. The van der Waals surface area contributed by atoms with E-state index >= 15 is 0 Å². The molecule has 2 aliphatic heterocycles. The lowest BCUT2D eigenvalue weighted by Gasteiger charge is -2.30. The minimum absolute atomic E-state index is 0.0802. The van der Waals surface area contributed by atoms with E-state index in [0.29, 0.717) is 29.7 Å². The van der Waals surface area contributed by atoms with Crippen LogP contribution >= 0.6 is 31.9 Å². The van der Waals surface area contributed by atoms with Gasteiger partial charge < -0.3 is 35.6 Å². The van der Waals surface area contributed by atoms with Crippen molar-refractivity contribution >= 4 is 60.8 Å². The van der Waals surface area contributed by atoms with Gasteiger partial charge in [0, 0.05) is 30.0 Å². The van der Waals surface area contributed by atoms with Gasteiger partial charge in [0.15, 0.2) is 23.8 Å². The largest absolute Gasteiger partial charge is 0.415 e. The number of ether oxygens (including phenoxy) is 2. The van der Waals surface area contributed by atoms with Crippen LogP contribution in [0.2, 0.25) is 0 Å². The summed E-state index contributed by atoms with van der Waals surface area (Å²) in [5.41, 5.74) is 6.68. The number of imidazole rings is 1. The van der Waals surface area contributed by atoms with Crippen LogP contribution < -0.4 is 15.8 Å². The van der Waals surface area contributed by atoms with Gasteiger partial charge in [-0.05, 0) is 71.7 Å². The summed E-state index contributed by atoms with van der Waals surface area (Å²) in [5.74, 6) is 6.63. The number of aliphatic hydroxyl groups excluding tert-OH is 2. The predicted octanol–water partition coefficient (Wildman–Crippen LogP) is 2.48. The van der Waals surface area contributed by atoms with Crippen LogP contribution in [-0.4, -0.2) is 84.1 Å². The van der Waals surface area contributed by atoms with Gasteiger partial charge in [0.25, 0.3) is 5.91 Å². The molecular weight excluding hydrogens is 690 g/mol.